The third-order valence-corrected chi connectivity index (χ3v) is 2.84. The van der Waals surface area contributed by atoms with E-state index in [2.05, 4.69) is 5.32 Å². The Morgan fingerprint density at radius 1 is 1.35 bits per heavy atom. The number of amides is 2. The summed E-state index contributed by atoms with van der Waals surface area (Å²) >= 11 is 0. The number of hydrogen-bond donors (Lipinski definition) is 2. The van der Waals surface area contributed by atoms with E-state index in [0.717, 1.165) is 5.56 Å². The molecular formula is C15H20N2O3. The fourth-order valence-electron chi connectivity index (χ4n) is 1.47. The van der Waals surface area contributed by atoms with Crippen LogP contribution in [0.1, 0.15) is 19.4 Å². The van der Waals surface area contributed by atoms with Crippen LogP contribution in [0.3, 0.4) is 0 Å². The topological polar surface area (TPSA) is 81.4 Å². The zero-order chi connectivity index (χ0) is 15.0. The second kappa shape index (κ2) is 8.12. The second-order valence-corrected chi connectivity index (χ2v) is 4.40. The van der Waals surface area contributed by atoms with Crippen LogP contribution < -0.4 is 11.1 Å². The van der Waals surface area contributed by atoms with Gasteiger partial charge in [0.25, 0.3) is 0 Å². The van der Waals surface area contributed by atoms with Gasteiger partial charge in [0, 0.05) is 5.57 Å². The van der Waals surface area contributed by atoms with E-state index in [-0.39, 0.29) is 12.5 Å². The molecule has 0 bridgehead atoms. The minimum Gasteiger partial charge on any atom is -0.374 e. The van der Waals surface area contributed by atoms with Crippen molar-refractivity contribution < 1.29 is 14.3 Å². The molecule has 0 fully saturated rings. The molecule has 0 aliphatic rings. The third-order valence-electron chi connectivity index (χ3n) is 2.84. The average Bonchev–Trinajstić information content (AvgIpc) is 2.46. The van der Waals surface area contributed by atoms with Gasteiger partial charge >= 0.3 is 0 Å². The lowest BCUT2D eigenvalue weighted by molar-refractivity contribution is -0.127. The first-order chi connectivity index (χ1) is 9.54. The third kappa shape index (κ3) is 5.24. The van der Waals surface area contributed by atoms with Crippen LogP contribution >= 0.6 is 0 Å². The fourth-order valence-corrected chi connectivity index (χ4v) is 1.47. The lowest BCUT2D eigenvalue weighted by Gasteiger charge is -2.16. The minimum absolute atomic E-state index is 0.0486. The molecule has 0 aliphatic heterocycles. The number of nitrogens with two attached hydrogens (primary N) is 1. The number of benzene rings is 1. The summed E-state index contributed by atoms with van der Waals surface area (Å²) in [4.78, 5) is 23.0. The maximum atomic E-state index is 11.7. The van der Waals surface area contributed by atoms with Gasteiger partial charge < -0.3 is 15.8 Å². The lowest BCUT2D eigenvalue weighted by Crippen LogP contribution is -2.47. The Kier molecular flexibility index (Phi) is 6.46. The van der Waals surface area contributed by atoms with Gasteiger partial charge in [0.05, 0.1) is 13.2 Å². The number of rotatable bonds is 7. The smallest absolute Gasteiger partial charge is 0.247 e. The Bertz CT molecular complexity index is 483. The highest BCUT2D eigenvalue weighted by Crippen LogP contribution is 2.01. The first-order valence-corrected chi connectivity index (χ1v) is 6.39. The number of allylic oxidation sites excluding steroid dienone is 1. The molecule has 0 radical (unpaired) electrons. The summed E-state index contributed by atoms with van der Waals surface area (Å²) in [5.74, 6) is -0.935. The van der Waals surface area contributed by atoms with Gasteiger partial charge in [-0.2, -0.15) is 0 Å². The highest BCUT2D eigenvalue weighted by molar-refractivity contribution is 5.96. The standard InChI is InChI=1S/C15H20N2O3/c1-3-11(2)15(19)17-13(14(16)18)10-20-9-12-7-5-4-6-8-12/h3-8,13H,9-10H2,1-2H3,(H2,16,18)(H,17,19). The maximum Gasteiger partial charge on any atom is 0.247 e. The average molecular weight is 276 g/mol. The van der Waals surface area contributed by atoms with E-state index in [9.17, 15) is 9.59 Å². The van der Waals surface area contributed by atoms with E-state index >= 15 is 0 Å². The van der Waals surface area contributed by atoms with Gasteiger partial charge in [-0.05, 0) is 19.4 Å². The molecular weight excluding hydrogens is 256 g/mol. The second-order valence-electron chi connectivity index (χ2n) is 4.40. The number of nitrogens with one attached hydrogen (secondary N) is 1. The van der Waals surface area contributed by atoms with Crippen molar-refractivity contribution in [3.05, 3.63) is 47.5 Å². The van der Waals surface area contributed by atoms with E-state index in [1.54, 1.807) is 19.9 Å². The highest BCUT2D eigenvalue weighted by Gasteiger charge is 2.18. The number of ether oxygens (including phenoxy) is 1. The molecule has 1 atom stereocenters. The van der Waals surface area contributed by atoms with Crippen LogP contribution in [0.2, 0.25) is 0 Å². The predicted molar refractivity (Wildman–Crippen MR) is 76.7 cm³/mol. The van der Waals surface area contributed by atoms with Crippen molar-refractivity contribution in [1.29, 1.82) is 0 Å². The van der Waals surface area contributed by atoms with E-state index in [1.807, 2.05) is 30.3 Å². The Labute approximate surface area is 118 Å². The Hall–Kier alpha value is -2.14. The summed E-state index contributed by atoms with van der Waals surface area (Å²) in [7, 11) is 0. The SMILES string of the molecule is CC=C(C)C(=O)NC(COCc1ccccc1)C(N)=O. The maximum absolute atomic E-state index is 11.7. The van der Waals surface area contributed by atoms with Crippen LogP contribution in [0, 0.1) is 0 Å². The first kappa shape index (κ1) is 15.9. The molecule has 3 N–H and O–H groups in total. The number of carbonyl (C=O) groups excluding carboxylic acids is 2. The first-order valence-electron chi connectivity index (χ1n) is 6.39. The van der Waals surface area contributed by atoms with Crippen LogP contribution in [0.15, 0.2) is 42.0 Å². The van der Waals surface area contributed by atoms with Gasteiger partial charge in [0.1, 0.15) is 6.04 Å². The molecule has 1 unspecified atom stereocenters. The predicted octanol–water partition coefficient (Wildman–Crippen LogP) is 1.14. The minimum atomic E-state index is -0.832. The van der Waals surface area contributed by atoms with E-state index in [1.165, 1.54) is 0 Å². The van der Waals surface area contributed by atoms with Crippen LogP contribution in [-0.2, 0) is 20.9 Å². The Morgan fingerprint density at radius 3 is 2.55 bits per heavy atom. The van der Waals surface area contributed by atoms with Crippen molar-refractivity contribution in [3.63, 3.8) is 0 Å². The molecule has 1 aromatic carbocycles. The number of hydrogen-bond acceptors (Lipinski definition) is 3. The Morgan fingerprint density at radius 2 is 2.00 bits per heavy atom. The van der Waals surface area contributed by atoms with Crippen LogP contribution in [-0.4, -0.2) is 24.5 Å². The van der Waals surface area contributed by atoms with Gasteiger partial charge in [-0.1, -0.05) is 36.4 Å². The van der Waals surface area contributed by atoms with E-state index < -0.39 is 11.9 Å². The van der Waals surface area contributed by atoms with Crippen molar-refractivity contribution in [2.45, 2.75) is 26.5 Å². The largest absolute Gasteiger partial charge is 0.374 e. The quantitative estimate of drug-likeness (QED) is 0.733. The van der Waals surface area contributed by atoms with Gasteiger partial charge in [0.15, 0.2) is 0 Å². The summed E-state index contributed by atoms with van der Waals surface area (Å²) in [6.07, 6.45) is 1.66. The molecule has 108 valence electrons. The van der Waals surface area contributed by atoms with Gasteiger partial charge in [-0.15, -0.1) is 0 Å². The normalized spacial score (nSPS) is 12.8. The number of carbonyl (C=O) groups is 2. The molecule has 0 saturated carbocycles. The fraction of sp³-hybridized carbons (Fsp3) is 0.333. The van der Waals surface area contributed by atoms with Gasteiger partial charge in [-0.25, -0.2) is 0 Å². The summed E-state index contributed by atoms with van der Waals surface area (Å²) in [6, 6.07) is 8.73. The molecule has 20 heavy (non-hydrogen) atoms. The van der Waals surface area contributed by atoms with Crippen molar-refractivity contribution >= 4 is 11.8 Å². The number of primary amides is 1. The van der Waals surface area contributed by atoms with Gasteiger partial charge in [-0.3, -0.25) is 9.59 Å². The van der Waals surface area contributed by atoms with Crippen molar-refractivity contribution in [1.82, 2.24) is 5.32 Å². The molecule has 0 spiro atoms. The van der Waals surface area contributed by atoms with Crippen molar-refractivity contribution in [2.24, 2.45) is 5.73 Å². The summed E-state index contributed by atoms with van der Waals surface area (Å²) < 4.78 is 5.42. The van der Waals surface area contributed by atoms with Gasteiger partial charge in [0.2, 0.25) is 11.8 Å². The zero-order valence-corrected chi connectivity index (χ0v) is 11.8. The molecule has 0 saturated heterocycles. The van der Waals surface area contributed by atoms with E-state index in [0.29, 0.717) is 12.2 Å². The molecule has 1 rings (SSSR count). The summed E-state index contributed by atoms with van der Waals surface area (Å²) in [5.41, 5.74) is 6.77. The highest BCUT2D eigenvalue weighted by atomic mass is 16.5. The molecule has 1 aromatic rings. The van der Waals surface area contributed by atoms with Crippen molar-refractivity contribution in [2.75, 3.05) is 6.61 Å². The molecule has 0 aromatic heterocycles. The molecule has 0 heterocycles. The lowest BCUT2D eigenvalue weighted by atomic mass is 10.2. The van der Waals surface area contributed by atoms with Crippen LogP contribution in [0.4, 0.5) is 0 Å². The molecule has 5 heteroatoms. The van der Waals surface area contributed by atoms with Crippen molar-refractivity contribution in [3.8, 4) is 0 Å². The monoisotopic (exact) mass is 276 g/mol. The molecule has 5 nitrogen and oxygen atoms in total. The summed E-state index contributed by atoms with van der Waals surface area (Å²) in [5, 5.41) is 2.55. The molecule has 0 aliphatic carbocycles. The zero-order valence-electron chi connectivity index (χ0n) is 11.8. The Balaban J connectivity index is 2.48. The van der Waals surface area contributed by atoms with Crippen LogP contribution in [0.25, 0.3) is 0 Å². The molecule has 2 amide bonds. The van der Waals surface area contributed by atoms with Crippen LogP contribution in [0.5, 0.6) is 0 Å². The van der Waals surface area contributed by atoms with E-state index in [4.69, 9.17) is 10.5 Å². The summed E-state index contributed by atoms with van der Waals surface area (Å²) in [6.45, 7) is 3.83.